The summed E-state index contributed by atoms with van der Waals surface area (Å²) in [6, 6.07) is 11.0. The zero-order valence-electron chi connectivity index (χ0n) is 18.8. The van der Waals surface area contributed by atoms with E-state index in [0.29, 0.717) is 55.7 Å². The topological polar surface area (TPSA) is 94.2 Å². The second kappa shape index (κ2) is 10.4. The Morgan fingerprint density at radius 1 is 1.09 bits per heavy atom. The number of rotatable bonds is 7. The molecular formula is C24H30N2O6S. The highest BCUT2D eigenvalue weighted by atomic mass is 32.2. The minimum atomic E-state index is -3.83. The van der Waals surface area contributed by atoms with Crippen LogP contribution in [0.5, 0.6) is 11.5 Å². The summed E-state index contributed by atoms with van der Waals surface area (Å²) in [6.07, 6.45) is 3.64. The van der Waals surface area contributed by atoms with Gasteiger partial charge in [-0.25, -0.2) is 8.42 Å². The molecule has 9 heteroatoms. The predicted molar refractivity (Wildman–Crippen MR) is 124 cm³/mol. The second-order valence-electron chi connectivity index (χ2n) is 8.23. The molecule has 2 heterocycles. The van der Waals surface area contributed by atoms with Crippen LogP contribution in [0, 0.1) is 0 Å². The van der Waals surface area contributed by atoms with Crippen LogP contribution in [-0.2, 0) is 14.8 Å². The van der Waals surface area contributed by atoms with Crippen molar-refractivity contribution in [1.82, 2.24) is 4.90 Å². The van der Waals surface area contributed by atoms with E-state index in [4.69, 9.17) is 14.2 Å². The highest BCUT2D eigenvalue weighted by Crippen LogP contribution is 2.32. The van der Waals surface area contributed by atoms with Gasteiger partial charge in [0.2, 0.25) is 0 Å². The van der Waals surface area contributed by atoms with E-state index >= 15 is 0 Å². The Bertz CT molecular complexity index is 1070. The van der Waals surface area contributed by atoms with Crippen LogP contribution in [0.4, 0.5) is 5.69 Å². The molecule has 8 nitrogen and oxygen atoms in total. The number of nitrogens with one attached hydrogen (secondary N) is 1. The molecule has 2 aliphatic rings. The number of fused-ring (bicyclic) bond motifs is 1. The Morgan fingerprint density at radius 3 is 2.61 bits per heavy atom. The molecule has 2 aromatic carbocycles. The van der Waals surface area contributed by atoms with E-state index in [1.54, 1.807) is 35.2 Å². The number of carbonyl (C=O) groups excluding carboxylic acids is 1. The van der Waals surface area contributed by atoms with E-state index < -0.39 is 10.0 Å². The molecular weight excluding hydrogens is 444 g/mol. The number of amides is 1. The quantitative estimate of drug-likeness (QED) is 0.658. The highest BCUT2D eigenvalue weighted by Gasteiger charge is 2.25. The fourth-order valence-corrected chi connectivity index (χ4v) is 5.01. The third-order valence-corrected chi connectivity index (χ3v) is 7.02. The second-order valence-corrected chi connectivity index (χ2v) is 9.91. The lowest BCUT2D eigenvalue weighted by Crippen LogP contribution is -2.43. The summed E-state index contributed by atoms with van der Waals surface area (Å²) in [4.78, 5) is 14.8. The number of carbonyl (C=O) groups is 1. The summed E-state index contributed by atoms with van der Waals surface area (Å²) in [5.74, 6) is 0.880. The van der Waals surface area contributed by atoms with E-state index in [-0.39, 0.29) is 16.9 Å². The first-order chi connectivity index (χ1) is 16.0. The molecule has 2 aliphatic heterocycles. The number of nitrogens with zero attached hydrogens (tertiary/aromatic N) is 1. The van der Waals surface area contributed by atoms with E-state index in [1.165, 1.54) is 12.1 Å². The molecule has 4 rings (SSSR count). The van der Waals surface area contributed by atoms with Crippen molar-refractivity contribution in [3.63, 3.8) is 0 Å². The SMILES string of the molecule is CCCOC1CCCN(C(=O)c2ccc(NS(=O)(=O)c3ccc4c(c3)OCCCO4)cc2)C1. The zero-order valence-corrected chi connectivity index (χ0v) is 19.6. The number of sulfonamides is 1. The minimum absolute atomic E-state index is 0.0721. The summed E-state index contributed by atoms with van der Waals surface area (Å²) in [7, 11) is -3.83. The fraction of sp³-hybridized carbons (Fsp3) is 0.458. The largest absolute Gasteiger partial charge is 0.490 e. The van der Waals surface area contributed by atoms with Crippen LogP contribution in [0.15, 0.2) is 47.4 Å². The summed E-state index contributed by atoms with van der Waals surface area (Å²) in [6.45, 7) is 5.05. The molecule has 0 aliphatic carbocycles. The lowest BCUT2D eigenvalue weighted by molar-refractivity contribution is 0.00211. The number of ether oxygens (including phenoxy) is 3. The van der Waals surface area contributed by atoms with Crippen molar-refractivity contribution in [3.05, 3.63) is 48.0 Å². The molecule has 2 aromatic rings. The van der Waals surface area contributed by atoms with Crippen LogP contribution < -0.4 is 14.2 Å². The van der Waals surface area contributed by atoms with Gasteiger partial charge in [0, 0.05) is 43.4 Å². The third-order valence-electron chi connectivity index (χ3n) is 5.64. The van der Waals surface area contributed by atoms with Crippen LogP contribution in [0.3, 0.4) is 0 Å². The molecule has 0 spiro atoms. The highest BCUT2D eigenvalue weighted by molar-refractivity contribution is 7.92. The molecule has 33 heavy (non-hydrogen) atoms. The van der Waals surface area contributed by atoms with Crippen molar-refractivity contribution in [2.24, 2.45) is 0 Å². The van der Waals surface area contributed by atoms with Crippen LogP contribution in [0.25, 0.3) is 0 Å². The number of hydrogen-bond acceptors (Lipinski definition) is 6. The smallest absolute Gasteiger partial charge is 0.262 e. The van der Waals surface area contributed by atoms with Gasteiger partial charge in [-0.1, -0.05) is 6.92 Å². The van der Waals surface area contributed by atoms with Crippen LogP contribution in [0.2, 0.25) is 0 Å². The molecule has 178 valence electrons. The van der Waals surface area contributed by atoms with E-state index in [1.807, 2.05) is 0 Å². The van der Waals surface area contributed by atoms with Gasteiger partial charge in [0.05, 0.1) is 24.2 Å². The van der Waals surface area contributed by atoms with Gasteiger partial charge < -0.3 is 19.1 Å². The zero-order chi connectivity index (χ0) is 23.3. The minimum Gasteiger partial charge on any atom is -0.490 e. The van der Waals surface area contributed by atoms with Gasteiger partial charge in [0.25, 0.3) is 15.9 Å². The Hall–Kier alpha value is -2.78. The van der Waals surface area contributed by atoms with Gasteiger partial charge in [0.15, 0.2) is 11.5 Å². The van der Waals surface area contributed by atoms with Crippen molar-refractivity contribution in [3.8, 4) is 11.5 Å². The first kappa shape index (κ1) is 23.4. The average molecular weight is 475 g/mol. The lowest BCUT2D eigenvalue weighted by Gasteiger charge is -2.32. The Kier molecular flexibility index (Phi) is 7.39. The monoisotopic (exact) mass is 474 g/mol. The summed E-state index contributed by atoms with van der Waals surface area (Å²) >= 11 is 0. The fourth-order valence-electron chi connectivity index (χ4n) is 3.93. The van der Waals surface area contributed by atoms with Gasteiger partial charge in [-0.3, -0.25) is 9.52 Å². The molecule has 0 radical (unpaired) electrons. The standard InChI is InChI=1S/C24H30N2O6S/c1-2-13-30-20-5-3-12-26(17-20)24(27)18-6-8-19(9-7-18)25-33(28,29)21-10-11-22-23(16-21)32-15-4-14-31-22/h6-11,16,20,25H,2-5,12-15,17H2,1H3. The number of benzene rings is 2. The molecule has 1 saturated heterocycles. The Labute approximate surface area is 194 Å². The molecule has 0 saturated carbocycles. The summed E-state index contributed by atoms with van der Waals surface area (Å²) in [5.41, 5.74) is 0.895. The maximum Gasteiger partial charge on any atom is 0.262 e. The van der Waals surface area contributed by atoms with Crippen LogP contribution >= 0.6 is 0 Å². The van der Waals surface area contributed by atoms with Crippen molar-refractivity contribution in [2.75, 3.05) is 37.6 Å². The average Bonchev–Trinajstić information content (AvgIpc) is 3.08. The lowest BCUT2D eigenvalue weighted by atomic mass is 10.1. The van der Waals surface area contributed by atoms with E-state index in [9.17, 15) is 13.2 Å². The van der Waals surface area contributed by atoms with E-state index in [2.05, 4.69) is 11.6 Å². The maximum atomic E-state index is 12.9. The van der Waals surface area contributed by atoms with Crippen LogP contribution in [-0.4, -0.2) is 58.2 Å². The first-order valence-electron chi connectivity index (χ1n) is 11.4. The van der Waals surface area contributed by atoms with Gasteiger partial charge >= 0.3 is 0 Å². The van der Waals surface area contributed by atoms with Crippen molar-refractivity contribution in [2.45, 2.75) is 43.6 Å². The summed E-state index contributed by atoms with van der Waals surface area (Å²) < 4.78 is 45.3. The van der Waals surface area contributed by atoms with Crippen LogP contribution in [0.1, 0.15) is 43.0 Å². The van der Waals surface area contributed by atoms with Gasteiger partial charge in [-0.05, 0) is 55.7 Å². The number of likely N-dealkylation sites (tertiary alicyclic amines) is 1. The van der Waals surface area contributed by atoms with Gasteiger partial charge in [-0.2, -0.15) is 0 Å². The molecule has 1 N–H and O–H groups in total. The molecule has 1 unspecified atom stereocenters. The predicted octanol–water partition coefficient (Wildman–Crippen LogP) is 3.68. The Balaban J connectivity index is 1.42. The Morgan fingerprint density at radius 2 is 1.85 bits per heavy atom. The van der Waals surface area contributed by atoms with E-state index in [0.717, 1.165) is 25.7 Å². The van der Waals surface area contributed by atoms with Crippen molar-refractivity contribution in [1.29, 1.82) is 0 Å². The molecule has 0 aromatic heterocycles. The number of hydrogen-bond donors (Lipinski definition) is 1. The van der Waals surface area contributed by atoms with Gasteiger partial charge in [0.1, 0.15) is 0 Å². The van der Waals surface area contributed by atoms with Crippen molar-refractivity contribution >= 4 is 21.6 Å². The molecule has 1 atom stereocenters. The molecule has 1 amide bonds. The van der Waals surface area contributed by atoms with Crippen molar-refractivity contribution < 1.29 is 27.4 Å². The number of anilines is 1. The molecule has 1 fully saturated rings. The summed E-state index contributed by atoms with van der Waals surface area (Å²) in [5, 5.41) is 0. The maximum absolute atomic E-state index is 12.9. The van der Waals surface area contributed by atoms with Gasteiger partial charge in [-0.15, -0.1) is 0 Å². The normalized spacial score (nSPS) is 18.5. The number of piperidine rings is 1. The molecule has 0 bridgehead atoms. The first-order valence-corrected chi connectivity index (χ1v) is 12.9. The third kappa shape index (κ3) is 5.78.